The third kappa shape index (κ3) is 4.12. The van der Waals surface area contributed by atoms with E-state index in [4.69, 9.17) is 9.47 Å². The molecule has 0 radical (unpaired) electrons. The van der Waals surface area contributed by atoms with Crippen molar-refractivity contribution in [1.29, 1.82) is 0 Å². The van der Waals surface area contributed by atoms with Gasteiger partial charge in [0.2, 0.25) is 0 Å². The quantitative estimate of drug-likeness (QED) is 0.381. The summed E-state index contributed by atoms with van der Waals surface area (Å²) in [5.41, 5.74) is 6.02. The normalized spacial score (nSPS) is 14.5. The lowest BCUT2D eigenvalue weighted by atomic mass is 10.0. The van der Waals surface area contributed by atoms with Crippen molar-refractivity contribution in [3.05, 3.63) is 107 Å². The molecule has 1 aliphatic rings. The number of para-hydroxylation sites is 2. The molecule has 3 aromatic carbocycles. The molecule has 0 saturated heterocycles. The predicted octanol–water partition coefficient (Wildman–Crippen LogP) is 6.19. The van der Waals surface area contributed by atoms with Gasteiger partial charge in [-0.05, 0) is 59.5 Å². The molecule has 178 valence electrons. The minimum atomic E-state index is -0.342. The maximum absolute atomic E-state index is 13.9. The summed E-state index contributed by atoms with van der Waals surface area (Å²) in [5, 5.41) is 3.19. The zero-order chi connectivity index (χ0) is 24.4. The number of nitrogens with one attached hydrogen (secondary N) is 1. The highest BCUT2D eigenvalue weighted by atomic mass is 16.5. The van der Waals surface area contributed by atoms with Crippen molar-refractivity contribution in [2.75, 3.05) is 19.5 Å². The second-order valence-corrected chi connectivity index (χ2v) is 8.52. The number of carbonyl (C=O) groups is 1. The van der Waals surface area contributed by atoms with Crippen molar-refractivity contribution < 1.29 is 14.3 Å². The summed E-state index contributed by atoms with van der Waals surface area (Å²) < 4.78 is 13.2. The Bertz CT molecular complexity index is 1360. The molecule has 5 rings (SSSR count). The SMILES string of the molecule is CCc1ccccc1NC(=O)N1Cc2ccccc2-n2cccc2[C@H]1c1ccc(OC)c(OC)c1. The molecule has 1 aromatic heterocycles. The number of urea groups is 1. The monoisotopic (exact) mass is 467 g/mol. The average molecular weight is 468 g/mol. The number of methoxy groups -OCH3 is 2. The number of benzene rings is 3. The molecule has 2 heterocycles. The van der Waals surface area contributed by atoms with Crippen LogP contribution in [0.1, 0.15) is 35.3 Å². The summed E-state index contributed by atoms with van der Waals surface area (Å²) in [6.45, 7) is 2.55. The Morgan fingerprint density at radius 3 is 2.51 bits per heavy atom. The van der Waals surface area contributed by atoms with Crippen LogP contribution >= 0.6 is 0 Å². The van der Waals surface area contributed by atoms with Crippen LogP contribution in [0.2, 0.25) is 0 Å². The third-order valence-electron chi connectivity index (χ3n) is 6.59. The Labute approximate surface area is 205 Å². The van der Waals surface area contributed by atoms with Crippen LogP contribution in [0.15, 0.2) is 85.1 Å². The molecule has 0 spiro atoms. The largest absolute Gasteiger partial charge is 0.493 e. The van der Waals surface area contributed by atoms with Gasteiger partial charge in [-0.1, -0.05) is 49.4 Å². The second-order valence-electron chi connectivity index (χ2n) is 8.52. The highest BCUT2D eigenvalue weighted by Crippen LogP contribution is 2.40. The summed E-state index contributed by atoms with van der Waals surface area (Å²) in [5.74, 6) is 1.28. The van der Waals surface area contributed by atoms with Crippen LogP contribution in [0.25, 0.3) is 5.69 Å². The molecule has 0 bridgehead atoms. The molecule has 0 saturated carbocycles. The summed E-state index contributed by atoms with van der Waals surface area (Å²) in [7, 11) is 3.25. The lowest BCUT2D eigenvalue weighted by Crippen LogP contribution is -2.38. The molecular formula is C29H29N3O3. The standard InChI is InChI=1S/C29H29N3O3/c1-4-20-10-5-7-12-23(20)30-29(33)32-19-22-11-6-8-13-24(22)31-17-9-14-25(31)28(32)21-15-16-26(34-2)27(18-21)35-3/h5-18,28H,4,19H2,1-3H3,(H,30,33)/t28-/m1/s1. The summed E-state index contributed by atoms with van der Waals surface area (Å²) in [6, 6.07) is 25.6. The minimum Gasteiger partial charge on any atom is -0.493 e. The van der Waals surface area contributed by atoms with E-state index < -0.39 is 0 Å². The molecule has 6 nitrogen and oxygen atoms in total. The number of rotatable bonds is 5. The maximum atomic E-state index is 13.9. The molecule has 0 aliphatic carbocycles. The lowest BCUT2D eigenvalue weighted by Gasteiger charge is -2.31. The van der Waals surface area contributed by atoms with Crippen molar-refractivity contribution in [2.24, 2.45) is 0 Å². The molecule has 1 aliphatic heterocycles. The number of anilines is 1. The average Bonchev–Trinajstić information content (AvgIpc) is 3.32. The van der Waals surface area contributed by atoms with E-state index in [0.29, 0.717) is 18.0 Å². The fourth-order valence-electron chi connectivity index (χ4n) is 4.85. The Morgan fingerprint density at radius 2 is 1.71 bits per heavy atom. The first-order valence-electron chi connectivity index (χ1n) is 11.8. The van der Waals surface area contributed by atoms with Gasteiger partial charge in [-0.25, -0.2) is 4.79 Å². The summed E-state index contributed by atoms with van der Waals surface area (Å²) >= 11 is 0. The second kappa shape index (κ2) is 9.58. The first-order valence-corrected chi connectivity index (χ1v) is 11.8. The van der Waals surface area contributed by atoms with Crippen LogP contribution < -0.4 is 14.8 Å². The van der Waals surface area contributed by atoms with Gasteiger partial charge >= 0.3 is 6.03 Å². The van der Waals surface area contributed by atoms with Gasteiger partial charge in [0, 0.05) is 17.6 Å². The van der Waals surface area contributed by atoms with E-state index in [1.54, 1.807) is 14.2 Å². The van der Waals surface area contributed by atoms with Gasteiger partial charge in [-0.3, -0.25) is 0 Å². The van der Waals surface area contributed by atoms with Crippen molar-refractivity contribution >= 4 is 11.7 Å². The molecule has 4 aromatic rings. The van der Waals surface area contributed by atoms with Gasteiger partial charge in [0.05, 0.1) is 32.5 Å². The first kappa shape index (κ1) is 22.6. The topological polar surface area (TPSA) is 55.7 Å². The smallest absolute Gasteiger partial charge is 0.322 e. The van der Waals surface area contributed by atoms with E-state index in [1.807, 2.05) is 65.6 Å². The molecule has 35 heavy (non-hydrogen) atoms. The number of hydrogen-bond acceptors (Lipinski definition) is 3. The summed E-state index contributed by atoms with van der Waals surface area (Å²) in [4.78, 5) is 15.8. The van der Waals surface area contributed by atoms with E-state index in [0.717, 1.165) is 40.2 Å². The van der Waals surface area contributed by atoms with Crippen molar-refractivity contribution in [3.63, 3.8) is 0 Å². The van der Waals surface area contributed by atoms with Crippen LogP contribution in [0.5, 0.6) is 11.5 Å². The number of nitrogens with zero attached hydrogens (tertiary/aromatic N) is 2. The van der Waals surface area contributed by atoms with E-state index in [9.17, 15) is 4.79 Å². The number of ether oxygens (including phenoxy) is 2. The van der Waals surface area contributed by atoms with Gasteiger partial charge < -0.3 is 24.3 Å². The number of fused-ring (bicyclic) bond motifs is 3. The molecule has 1 atom stereocenters. The third-order valence-corrected chi connectivity index (χ3v) is 6.59. The van der Waals surface area contributed by atoms with E-state index in [2.05, 4.69) is 41.2 Å². The zero-order valence-electron chi connectivity index (χ0n) is 20.2. The highest BCUT2D eigenvalue weighted by Gasteiger charge is 2.33. The number of amides is 2. The first-order chi connectivity index (χ1) is 17.1. The van der Waals surface area contributed by atoms with Crippen LogP contribution in [-0.2, 0) is 13.0 Å². The van der Waals surface area contributed by atoms with E-state index in [-0.39, 0.29) is 12.1 Å². The fourth-order valence-corrected chi connectivity index (χ4v) is 4.85. The Balaban J connectivity index is 1.65. The zero-order valence-corrected chi connectivity index (χ0v) is 20.2. The van der Waals surface area contributed by atoms with Gasteiger partial charge in [0.1, 0.15) is 0 Å². The van der Waals surface area contributed by atoms with Crippen molar-refractivity contribution in [1.82, 2.24) is 9.47 Å². The molecular weight excluding hydrogens is 438 g/mol. The van der Waals surface area contributed by atoms with Gasteiger partial charge in [0.15, 0.2) is 11.5 Å². The predicted molar refractivity (Wildman–Crippen MR) is 138 cm³/mol. The Hall–Kier alpha value is -4.19. The van der Waals surface area contributed by atoms with Crippen molar-refractivity contribution in [2.45, 2.75) is 25.9 Å². The van der Waals surface area contributed by atoms with Crippen LogP contribution in [-0.4, -0.2) is 29.7 Å². The summed E-state index contributed by atoms with van der Waals surface area (Å²) in [6.07, 6.45) is 2.89. The van der Waals surface area contributed by atoms with E-state index in [1.165, 1.54) is 0 Å². The highest BCUT2D eigenvalue weighted by molar-refractivity contribution is 5.91. The molecule has 0 unspecified atom stereocenters. The molecule has 0 fully saturated rings. The van der Waals surface area contributed by atoms with Crippen LogP contribution in [0, 0.1) is 0 Å². The number of hydrogen-bond donors (Lipinski definition) is 1. The minimum absolute atomic E-state index is 0.157. The fraction of sp³-hybridized carbons (Fsp3) is 0.207. The lowest BCUT2D eigenvalue weighted by molar-refractivity contribution is 0.194. The van der Waals surface area contributed by atoms with Gasteiger partial charge in [-0.15, -0.1) is 0 Å². The van der Waals surface area contributed by atoms with E-state index >= 15 is 0 Å². The molecule has 1 N–H and O–H groups in total. The van der Waals surface area contributed by atoms with Gasteiger partial charge in [-0.2, -0.15) is 0 Å². The van der Waals surface area contributed by atoms with Crippen molar-refractivity contribution in [3.8, 4) is 17.2 Å². The maximum Gasteiger partial charge on any atom is 0.322 e. The van der Waals surface area contributed by atoms with Crippen LogP contribution in [0.4, 0.5) is 10.5 Å². The molecule has 2 amide bonds. The number of aryl methyl sites for hydroxylation is 1. The Morgan fingerprint density at radius 1 is 0.943 bits per heavy atom. The van der Waals surface area contributed by atoms with Gasteiger partial charge in [0.25, 0.3) is 0 Å². The molecule has 6 heteroatoms. The Kier molecular flexibility index (Phi) is 6.19. The van der Waals surface area contributed by atoms with Crippen LogP contribution in [0.3, 0.4) is 0 Å². The number of carbonyl (C=O) groups excluding carboxylic acids is 1. The number of aromatic nitrogens is 1.